The Balaban J connectivity index is 1.87. The molecule has 0 amide bonds. The molecular formula is C17H17ClN2S. The molecule has 4 heteroatoms. The zero-order chi connectivity index (χ0) is 15.0. The smallest absolute Gasteiger partial charge is 0.178 e. The van der Waals surface area contributed by atoms with Crippen LogP contribution in [-0.2, 0) is 6.42 Å². The lowest BCUT2D eigenvalue weighted by molar-refractivity contribution is 0.776. The van der Waals surface area contributed by atoms with E-state index in [1.165, 1.54) is 11.3 Å². The summed E-state index contributed by atoms with van der Waals surface area (Å²) in [6.45, 7) is 4.24. The van der Waals surface area contributed by atoms with Crippen molar-refractivity contribution in [1.82, 2.24) is 0 Å². The number of nitrogens with one attached hydrogen (secondary N) is 1. The third kappa shape index (κ3) is 2.76. The predicted molar refractivity (Wildman–Crippen MR) is 94.5 cm³/mol. The van der Waals surface area contributed by atoms with Gasteiger partial charge in [0.05, 0.1) is 0 Å². The molecule has 108 valence electrons. The molecule has 1 atom stereocenters. The molecule has 1 N–H and O–H groups in total. The molecule has 21 heavy (non-hydrogen) atoms. The van der Waals surface area contributed by atoms with Crippen molar-refractivity contribution in [3.05, 3.63) is 58.6 Å². The number of fused-ring (bicyclic) bond motifs is 1. The summed E-state index contributed by atoms with van der Waals surface area (Å²) in [5.41, 5.74) is 4.63. The Morgan fingerprint density at radius 2 is 2.05 bits per heavy atom. The van der Waals surface area contributed by atoms with Crippen LogP contribution in [0, 0.1) is 6.92 Å². The number of aryl methyl sites for hydroxylation is 1. The molecule has 0 aliphatic carbocycles. The van der Waals surface area contributed by atoms with Gasteiger partial charge in [0, 0.05) is 22.4 Å². The number of rotatable bonds is 1. The van der Waals surface area contributed by atoms with Crippen molar-refractivity contribution in [2.45, 2.75) is 26.3 Å². The summed E-state index contributed by atoms with van der Waals surface area (Å²) in [5.74, 6) is 0. The first kappa shape index (κ1) is 14.4. The number of halogens is 1. The van der Waals surface area contributed by atoms with Crippen LogP contribution < -0.4 is 10.2 Å². The number of para-hydroxylation sites is 1. The molecule has 0 bridgehead atoms. The highest BCUT2D eigenvalue weighted by Crippen LogP contribution is 2.32. The minimum Gasteiger partial charge on any atom is -0.332 e. The molecule has 2 aromatic carbocycles. The zero-order valence-electron chi connectivity index (χ0n) is 12.1. The van der Waals surface area contributed by atoms with Gasteiger partial charge in [-0.25, -0.2) is 0 Å². The summed E-state index contributed by atoms with van der Waals surface area (Å²) in [5, 5.41) is 4.77. The Hall–Kier alpha value is -1.58. The van der Waals surface area contributed by atoms with E-state index in [1.807, 2.05) is 25.1 Å². The van der Waals surface area contributed by atoms with Crippen LogP contribution in [0.4, 0.5) is 11.4 Å². The van der Waals surface area contributed by atoms with Gasteiger partial charge >= 0.3 is 0 Å². The second-order valence-electron chi connectivity index (χ2n) is 5.44. The Bertz CT molecular complexity index is 699. The first-order valence-electron chi connectivity index (χ1n) is 7.00. The summed E-state index contributed by atoms with van der Waals surface area (Å²) in [7, 11) is 0. The van der Waals surface area contributed by atoms with Crippen molar-refractivity contribution in [3.63, 3.8) is 0 Å². The second-order valence-corrected chi connectivity index (χ2v) is 6.26. The Kier molecular flexibility index (Phi) is 3.87. The van der Waals surface area contributed by atoms with Gasteiger partial charge in [-0.05, 0) is 61.8 Å². The zero-order valence-corrected chi connectivity index (χ0v) is 13.6. The minimum absolute atomic E-state index is 0.363. The average molecular weight is 317 g/mol. The van der Waals surface area contributed by atoms with Crippen molar-refractivity contribution in [2.24, 2.45) is 0 Å². The standard InChI is InChI=1S/C17H17ClN2S/c1-11-7-8-14(18)10-15(11)19-17(21)20-12(2)9-13-5-3-4-6-16(13)20/h3-8,10,12H,9H2,1-2H3,(H,19,21). The number of nitrogens with zero attached hydrogens (tertiary/aromatic N) is 1. The van der Waals surface area contributed by atoms with Crippen molar-refractivity contribution in [1.29, 1.82) is 0 Å². The van der Waals surface area contributed by atoms with Crippen molar-refractivity contribution < 1.29 is 0 Å². The molecule has 1 aliphatic heterocycles. The van der Waals surface area contributed by atoms with Gasteiger partial charge in [0.2, 0.25) is 0 Å². The maximum Gasteiger partial charge on any atom is 0.178 e. The highest BCUT2D eigenvalue weighted by atomic mass is 35.5. The lowest BCUT2D eigenvalue weighted by Gasteiger charge is -2.26. The normalized spacial score (nSPS) is 16.7. The SMILES string of the molecule is Cc1ccc(Cl)cc1NC(=S)N1c2ccccc2CC1C. The van der Waals surface area contributed by atoms with E-state index >= 15 is 0 Å². The molecule has 0 saturated heterocycles. The third-order valence-electron chi connectivity index (χ3n) is 3.87. The van der Waals surface area contributed by atoms with Gasteiger partial charge < -0.3 is 10.2 Å². The van der Waals surface area contributed by atoms with Crippen LogP contribution in [-0.4, -0.2) is 11.2 Å². The minimum atomic E-state index is 0.363. The first-order valence-corrected chi connectivity index (χ1v) is 7.79. The third-order valence-corrected chi connectivity index (χ3v) is 4.40. The monoisotopic (exact) mass is 316 g/mol. The number of hydrogen-bond acceptors (Lipinski definition) is 1. The predicted octanol–water partition coefficient (Wildman–Crippen LogP) is 4.80. The van der Waals surface area contributed by atoms with Gasteiger partial charge in [0.15, 0.2) is 5.11 Å². The quantitative estimate of drug-likeness (QED) is 0.761. The number of anilines is 2. The fourth-order valence-electron chi connectivity index (χ4n) is 2.78. The van der Waals surface area contributed by atoms with Crippen LogP contribution >= 0.6 is 23.8 Å². The highest BCUT2D eigenvalue weighted by molar-refractivity contribution is 7.80. The molecule has 1 aliphatic rings. The van der Waals surface area contributed by atoms with E-state index < -0.39 is 0 Å². The fourth-order valence-corrected chi connectivity index (χ4v) is 3.34. The van der Waals surface area contributed by atoms with Crippen molar-refractivity contribution >= 4 is 40.3 Å². The van der Waals surface area contributed by atoms with E-state index in [0.29, 0.717) is 11.1 Å². The summed E-state index contributed by atoms with van der Waals surface area (Å²) in [6.07, 6.45) is 1.02. The summed E-state index contributed by atoms with van der Waals surface area (Å²) in [4.78, 5) is 2.19. The van der Waals surface area contributed by atoms with E-state index in [4.69, 9.17) is 23.8 Å². The van der Waals surface area contributed by atoms with Crippen LogP contribution in [0.2, 0.25) is 5.02 Å². The molecule has 3 rings (SSSR count). The highest BCUT2D eigenvalue weighted by Gasteiger charge is 2.28. The number of hydrogen-bond donors (Lipinski definition) is 1. The number of benzene rings is 2. The second kappa shape index (κ2) is 5.66. The lowest BCUT2D eigenvalue weighted by Crippen LogP contribution is -2.38. The van der Waals surface area contributed by atoms with E-state index in [1.54, 1.807) is 0 Å². The lowest BCUT2D eigenvalue weighted by atomic mass is 10.1. The number of thiocarbonyl (C=S) groups is 1. The van der Waals surface area contributed by atoms with E-state index in [-0.39, 0.29) is 0 Å². The van der Waals surface area contributed by atoms with Gasteiger partial charge in [-0.1, -0.05) is 35.9 Å². The van der Waals surface area contributed by atoms with Crippen LogP contribution in [0.25, 0.3) is 0 Å². The molecular weight excluding hydrogens is 300 g/mol. The molecule has 2 nitrogen and oxygen atoms in total. The van der Waals surface area contributed by atoms with Crippen LogP contribution in [0.15, 0.2) is 42.5 Å². The van der Waals surface area contributed by atoms with E-state index in [2.05, 4.69) is 41.4 Å². The molecule has 0 spiro atoms. The molecule has 1 unspecified atom stereocenters. The van der Waals surface area contributed by atoms with Crippen molar-refractivity contribution in [2.75, 3.05) is 10.2 Å². The van der Waals surface area contributed by atoms with Crippen LogP contribution in [0.3, 0.4) is 0 Å². The van der Waals surface area contributed by atoms with Gasteiger partial charge in [0.25, 0.3) is 0 Å². The Morgan fingerprint density at radius 1 is 1.29 bits per heavy atom. The summed E-state index contributed by atoms with van der Waals surface area (Å²) < 4.78 is 0. The molecule has 0 saturated carbocycles. The maximum atomic E-state index is 6.07. The Labute approximate surface area is 135 Å². The first-order chi connectivity index (χ1) is 10.1. The average Bonchev–Trinajstić information content (AvgIpc) is 2.78. The Morgan fingerprint density at radius 3 is 2.86 bits per heavy atom. The molecule has 2 aromatic rings. The topological polar surface area (TPSA) is 15.3 Å². The largest absolute Gasteiger partial charge is 0.332 e. The maximum absolute atomic E-state index is 6.07. The molecule has 1 heterocycles. The van der Waals surface area contributed by atoms with Crippen molar-refractivity contribution in [3.8, 4) is 0 Å². The van der Waals surface area contributed by atoms with Gasteiger partial charge in [-0.3, -0.25) is 0 Å². The summed E-state index contributed by atoms with van der Waals surface area (Å²) in [6, 6.07) is 14.6. The van der Waals surface area contributed by atoms with Gasteiger partial charge in [-0.2, -0.15) is 0 Å². The molecule has 0 aromatic heterocycles. The van der Waals surface area contributed by atoms with Crippen LogP contribution in [0.5, 0.6) is 0 Å². The van der Waals surface area contributed by atoms with E-state index in [0.717, 1.165) is 22.8 Å². The van der Waals surface area contributed by atoms with Gasteiger partial charge in [-0.15, -0.1) is 0 Å². The van der Waals surface area contributed by atoms with E-state index in [9.17, 15) is 0 Å². The molecule has 0 fully saturated rings. The van der Waals surface area contributed by atoms with Gasteiger partial charge in [0.1, 0.15) is 0 Å². The molecule has 0 radical (unpaired) electrons. The van der Waals surface area contributed by atoms with Crippen LogP contribution in [0.1, 0.15) is 18.1 Å². The fraction of sp³-hybridized carbons (Fsp3) is 0.235. The summed E-state index contributed by atoms with van der Waals surface area (Å²) >= 11 is 11.7.